The summed E-state index contributed by atoms with van der Waals surface area (Å²) in [6, 6.07) is 12.1. The quantitative estimate of drug-likeness (QED) is 0.362. The van der Waals surface area contributed by atoms with Crippen molar-refractivity contribution in [2.24, 2.45) is 0 Å². The van der Waals surface area contributed by atoms with Crippen LogP contribution in [0.2, 0.25) is 0 Å². The summed E-state index contributed by atoms with van der Waals surface area (Å²) in [5.74, 6) is 0.133. The minimum absolute atomic E-state index is 0.0777. The second kappa shape index (κ2) is 7.67. The number of thioether (sulfide) groups is 1. The van der Waals surface area contributed by atoms with Crippen molar-refractivity contribution in [1.82, 2.24) is 5.32 Å². The van der Waals surface area contributed by atoms with Crippen LogP contribution in [0.3, 0.4) is 0 Å². The van der Waals surface area contributed by atoms with Crippen molar-refractivity contribution in [3.05, 3.63) is 74.2 Å². The van der Waals surface area contributed by atoms with Crippen LogP contribution in [0.1, 0.15) is 16.7 Å². The van der Waals surface area contributed by atoms with Gasteiger partial charge in [0, 0.05) is 17.7 Å². The van der Waals surface area contributed by atoms with E-state index >= 15 is 0 Å². The molecule has 1 aliphatic rings. The Morgan fingerprint density at radius 1 is 1.31 bits per heavy atom. The number of carbonyl (C=O) groups is 1. The molecule has 0 aromatic heterocycles. The van der Waals surface area contributed by atoms with Crippen LogP contribution in [0.15, 0.2) is 47.4 Å². The van der Waals surface area contributed by atoms with Gasteiger partial charge in [-0.15, -0.1) is 0 Å². The lowest BCUT2D eigenvalue weighted by Gasteiger charge is -2.11. The van der Waals surface area contributed by atoms with Crippen molar-refractivity contribution < 1.29 is 14.5 Å². The van der Waals surface area contributed by atoms with Crippen molar-refractivity contribution in [2.45, 2.75) is 13.5 Å². The maximum absolute atomic E-state index is 11.9. The van der Waals surface area contributed by atoms with Gasteiger partial charge in [-0.3, -0.25) is 14.9 Å². The number of hydrogen-bond acceptors (Lipinski definition) is 6. The van der Waals surface area contributed by atoms with Gasteiger partial charge in [0.25, 0.3) is 11.6 Å². The summed E-state index contributed by atoms with van der Waals surface area (Å²) in [5.41, 5.74) is 2.48. The molecule has 0 unspecified atom stereocenters. The smallest absolute Gasteiger partial charge is 0.270 e. The Balaban J connectivity index is 1.93. The van der Waals surface area contributed by atoms with Crippen LogP contribution < -0.4 is 10.1 Å². The number of nitrogens with one attached hydrogen (secondary N) is 1. The standard InChI is InChI=1S/C18H14N2O4S2/c1-11-4-2-3-5-12(11)10-24-15-7-6-14(20(22)23)8-13(15)9-16-17(21)19-18(25)26-16/h2-9H,10H2,1H3,(H,19,21,25). The molecule has 1 aliphatic heterocycles. The molecule has 0 bridgehead atoms. The largest absolute Gasteiger partial charge is 0.488 e. The number of rotatable bonds is 5. The number of nitrogens with zero attached hydrogens (tertiary/aromatic N) is 1. The van der Waals surface area contributed by atoms with Crippen LogP contribution in [0.4, 0.5) is 5.69 Å². The van der Waals surface area contributed by atoms with E-state index in [0.717, 1.165) is 22.9 Å². The summed E-state index contributed by atoms with van der Waals surface area (Å²) in [7, 11) is 0. The molecule has 1 amide bonds. The van der Waals surface area contributed by atoms with Gasteiger partial charge in [0.2, 0.25) is 0 Å². The Labute approximate surface area is 159 Å². The second-order valence-electron chi connectivity index (χ2n) is 5.55. The van der Waals surface area contributed by atoms with E-state index < -0.39 is 4.92 Å². The summed E-state index contributed by atoms with van der Waals surface area (Å²) < 4.78 is 6.23. The lowest BCUT2D eigenvalue weighted by Crippen LogP contribution is -2.17. The molecule has 0 spiro atoms. The molecule has 8 heteroatoms. The third kappa shape index (κ3) is 4.09. The molecule has 0 radical (unpaired) electrons. The van der Waals surface area contributed by atoms with Gasteiger partial charge in [-0.25, -0.2) is 0 Å². The van der Waals surface area contributed by atoms with E-state index in [1.165, 1.54) is 12.1 Å². The average Bonchev–Trinajstić information content (AvgIpc) is 2.92. The van der Waals surface area contributed by atoms with Crippen LogP contribution in [-0.2, 0) is 11.4 Å². The minimum atomic E-state index is -0.486. The molecule has 3 rings (SSSR count). The highest BCUT2D eigenvalue weighted by Gasteiger charge is 2.23. The number of ether oxygens (including phenoxy) is 1. The van der Waals surface area contributed by atoms with Gasteiger partial charge in [-0.05, 0) is 30.2 Å². The van der Waals surface area contributed by atoms with E-state index in [0.29, 0.717) is 27.1 Å². The molecule has 132 valence electrons. The van der Waals surface area contributed by atoms with Crippen LogP contribution in [0.25, 0.3) is 6.08 Å². The number of nitro benzene ring substituents is 1. The van der Waals surface area contributed by atoms with Crippen LogP contribution in [0.5, 0.6) is 5.75 Å². The number of carbonyl (C=O) groups excluding carboxylic acids is 1. The molecule has 26 heavy (non-hydrogen) atoms. The first-order valence-corrected chi connectivity index (χ1v) is 8.87. The maximum atomic E-state index is 11.9. The maximum Gasteiger partial charge on any atom is 0.270 e. The highest BCUT2D eigenvalue weighted by atomic mass is 32.2. The van der Waals surface area contributed by atoms with Gasteiger partial charge in [0.15, 0.2) is 0 Å². The first-order chi connectivity index (χ1) is 12.4. The fourth-order valence-corrected chi connectivity index (χ4v) is 3.42. The molecule has 0 aliphatic carbocycles. The summed E-state index contributed by atoms with van der Waals surface area (Å²) >= 11 is 6.08. The lowest BCUT2D eigenvalue weighted by molar-refractivity contribution is -0.384. The monoisotopic (exact) mass is 386 g/mol. The van der Waals surface area contributed by atoms with Gasteiger partial charge < -0.3 is 10.1 Å². The molecule has 2 aromatic carbocycles. The van der Waals surface area contributed by atoms with Gasteiger partial charge in [-0.1, -0.05) is 48.2 Å². The molecule has 0 saturated carbocycles. The normalized spacial score (nSPS) is 15.2. The fourth-order valence-electron chi connectivity index (χ4n) is 2.38. The van der Waals surface area contributed by atoms with Gasteiger partial charge in [-0.2, -0.15) is 0 Å². The van der Waals surface area contributed by atoms with E-state index in [1.54, 1.807) is 12.1 Å². The number of amides is 1. The molecular weight excluding hydrogens is 372 g/mol. The number of nitro groups is 1. The number of aryl methyl sites for hydroxylation is 1. The molecule has 1 heterocycles. The van der Waals surface area contributed by atoms with E-state index in [9.17, 15) is 14.9 Å². The van der Waals surface area contributed by atoms with Gasteiger partial charge >= 0.3 is 0 Å². The SMILES string of the molecule is Cc1ccccc1COc1ccc([N+](=O)[O-])cc1C=C1SC(=S)NC1=O. The minimum Gasteiger partial charge on any atom is -0.488 e. The predicted octanol–water partition coefficient (Wildman–Crippen LogP) is 3.97. The third-order valence-corrected chi connectivity index (χ3v) is 4.94. The zero-order chi connectivity index (χ0) is 18.7. The van der Waals surface area contributed by atoms with Crippen LogP contribution in [0, 0.1) is 17.0 Å². The zero-order valence-corrected chi connectivity index (χ0v) is 15.4. The third-order valence-electron chi connectivity index (χ3n) is 3.78. The zero-order valence-electron chi connectivity index (χ0n) is 13.7. The molecule has 6 nitrogen and oxygen atoms in total. The lowest BCUT2D eigenvalue weighted by atomic mass is 10.1. The van der Waals surface area contributed by atoms with Crippen LogP contribution >= 0.6 is 24.0 Å². The van der Waals surface area contributed by atoms with Gasteiger partial charge in [0.05, 0.1) is 9.83 Å². The van der Waals surface area contributed by atoms with Crippen molar-refractivity contribution in [3.8, 4) is 5.75 Å². The molecule has 2 aromatic rings. The Morgan fingerprint density at radius 2 is 2.08 bits per heavy atom. The second-order valence-corrected chi connectivity index (χ2v) is 7.27. The van der Waals surface area contributed by atoms with Crippen molar-refractivity contribution in [1.29, 1.82) is 0 Å². The molecule has 1 saturated heterocycles. The van der Waals surface area contributed by atoms with E-state index in [4.69, 9.17) is 17.0 Å². The van der Waals surface area contributed by atoms with Gasteiger partial charge in [0.1, 0.15) is 16.7 Å². The van der Waals surface area contributed by atoms with Crippen LogP contribution in [-0.4, -0.2) is 15.2 Å². The Kier molecular flexibility index (Phi) is 5.34. The molecular formula is C18H14N2O4S2. The topological polar surface area (TPSA) is 81.5 Å². The Morgan fingerprint density at radius 3 is 2.73 bits per heavy atom. The summed E-state index contributed by atoms with van der Waals surface area (Å²) in [6.07, 6.45) is 1.56. The van der Waals surface area contributed by atoms with E-state index in [-0.39, 0.29) is 11.6 Å². The number of hydrogen-bond donors (Lipinski definition) is 1. The predicted molar refractivity (Wildman–Crippen MR) is 105 cm³/mol. The van der Waals surface area contributed by atoms with Crippen molar-refractivity contribution >= 4 is 46.0 Å². The molecule has 1 fully saturated rings. The van der Waals surface area contributed by atoms with Crippen molar-refractivity contribution in [3.63, 3.8) is 0 Å². The summed E-state index contributed by atoms with van der Waals surface area (Å²) in [4.78, 5) is 22.8. The number of thiocarbonyl (C=S) groups is 1. The molecule has 1 N–H and O–H groups in total. The highest BCUT2D eigenvalue weighted by Crippen LogP contribution is 2.32. The summed E-state index contributed by atoms with van der Waals surface area (Å²) in [6.45, 7) is 2.30. The Bertz CT molecular complexity index is 941. The average molecular weight is 386 g/mol. The van der Waals surface area contributed by atoms with E-state index in [1.807, 2.05) is 31.2 Å². The van der Waals surface area contributed by atoms with Crippen molar-refractivity contribution in [2.75, 3.05) is 0 Å². The first kappa shape index (κ1) is 18.1. The Hall–Kier alpha value is -2.71. The van der Waals surface area contributed by atoms with E-state index in [2.05, 4.69) is 5.32 Å². The fraction of sp³-hybridized carbons (Fsp3) is 0.111. The molecule has 0 atom stereocenters. The number of benzene rings is 2. The summed E-state index contributed by atoms with van der Waals surface area (Å²) in [5, 5.41) is 13.6. The first-order valence-electron chi connectivity index (χ1n) is 7.64. The highest BCUT2D eigenvalue weighted by molar-refractivity contribution is 8.26. The number of non-ortho nitro benzene ring substituents is 1.